The number of carbonyl (C=O) groups excluding carboxylic acids is 1. The molecule has 4 heteroatoms. The molecule has 130 valence electrons. The molecule has 2 fully saturated rings. The van der Waals surface area contributed by atoms with Gasteiger partial charge in [-0.15, -0.1) is 0 Å². The molecule has 0 aliphatic carbocycles. The summed E-state index contributed by atoms with van der Waals surface area (Å²) in [5.41, 5.74) is 8.16. The second-order valence-corrected chi connectivity index (χ2v) is 7.15. The molecule has 0 aromatic heterocycles. The molecular weight excluding hydrogens is 300 g/mol. The van der Waals surface area contributed by atoms with Gasteiger partial charge in [0, 0.05) is 13.2 Å². The number of hydrogen-bond acceptors (Lipinski definition) is 3. The molecule has 24 heavy (non-hydrogen) atoms. The molecule has 1 aromatic rings. The molecule has 2 aliphatic rings. The molecule has 0 bridgehead atoms. The Kier molecular flexibility index (Phi) is 5.69. The summed E-state index contributed by atoms with van der Waals surface area (Å²) in [6.07, 6.45) is 5.28. The lowest BCUT2D eigenvalue weighted by Gasteiger charge is -2.35. The number of amides is 1. The first-order valence-electron chi connectivity index (χ1n) is 8.99. The van der Waals surface area contributed by atoms with E-state index in [0.29, 0.717) is 12.5 Å². The SMILES string of the molecule is C/C(=C\c1ccccc1)CN1CCC([C@H]2OCC[C@@H]2C(N)=O)CC1. The van der Waals surface area contributed by atoms with Crippen molar-refractivity contribution in [1.29, 1.82) is 0 Å². The van der Waals surface area contributed by atoms with Crippen molar-refractivity contribution < 1.29 is 9.53 Å². The lowest BCUT2D eigenvalue weighted by Crippen LogP contribution is -2.42. The van der Waals surface area contributed by atoms with E-state index in [1.807, 2.05) is 6.07 Å². The van der Waals surface area contributed by atoms with E-state index in [4.69, 9.17) is 10.5 Å². The van der Waals surface area contributed by atoms with Gasteiger partial charge in [-0.1, -0.05) is 42.0 Å². The van der Waals surface area contributed by atoms with Crippen LogP contribution >= 0.6 is 0 Å². The molecule has 0 saturated carbocycles. The molecule has 2 aliphatic heterocycles. The molecule has 1 aromatic carbocycles. The number of nitrogens with zero attached hydrogens (tertiary/aromatic N) is 1. The number of primary amides is 1. The summed E-state index contributed by atoms with van der Waals surface area (Å²) in [7, 11) is 0. The Bertz CT molecular complexity index is 577. The number of carbonyl (C=O) groups is 1. The molecule has 0 spiro atoms. The quantitative estimate of drug-likeness (QED) is 0.904. The first-order chi connectivity index (χ1) is 11.6. The zero-order valence-electron chi connectivity index (χ0n) is 14.5. The van der Waals surface area contributed by atoms with Crippen LogP contribution < -0.4 is 5.73 Å². The van der Waals surface area contributed by atoms with Gasteiger partial charge in [-0.25, -0.2) is 0 Å². The second kappa shape index (κ2) is 7.95. The van der Waals surface area contributed by atoms with Gasteiger partial charge in [-0.05, 0) is 50.8 Å². The van der Waals surface area contributed by atoms with Crippen LogP contribution in [0, 0.1) is 11.8 Å². The van der Waals surface area contributed by atoms with E-state index in [2.05, 4.69) is 42.2 Å². The maximum Gasteiger partial charge on any atom is 0.223 e. The van der Waals surface area contributed by atoms with Crippen LogP contribution in [0.25, 0.3) is 6.08 Å². The molecule has 2 N–H and O–H groups in total. The zero-order valence-corrected chi connectivity index (χ0v) is 14.5. The van der Waals surface area contributed by atoms with Crippen LogP contribution in [0.1, 0.15) is 31.7 Å². The van der Waals surface area contributed by atoms with E-state index >= 15 is 0 Å². The summed E-state index contributed by atoms with van der Waals surface area (Å²) in [5.74, 6) is 0.197. The van der Waals surface area contributed by atoms with E-state index < -0.39 is 0 Å². The monoisotopic (exact) mass is 328 g/mol. The largest absolute Gasteiger partial charge is 0.377 e. The van der Waals surface area contributed by atoms with Crippen molar-refractivity contribution in [2.75, 3.05) is 26.2 Å². The molecule has 2 atom stereocenters. The Balaban J connectivity index is 1.50. The Morgan fingerprint density at radius 2 is 1.96 bits per heavy atom. The lowest BCUT2D eigenvalue weighted by molar-refractivity contribution is -0.124. The molecule has 1 amide bonds. The number of likely N-dealkylation sites (tertiary alicyclic amines) is 1. The van der Waals surface area contributed by atoms with E-state index in [1.54, 1.807) is 0 Å². The minimum atomic E-state index is -0.193. The van der Waals surface area contributed by atoms with Crippen molar-refractivity contribution in [3.63, 3.8) is 0 Å². The predicted molar refractivity (Wildman–Crippen MR) is 96.3 cm³/mol. The number of rotatable bonds is 5. The van der Waals surface area contributed by atoms with Gasteiger partial charge >= 0.3 is 0 Å². The molecule has 2 heterocycles. The van der Waals surface area contributed by atoms with Crippen LogP contribution in [0.5, 0.6) is 0 Å². The fraction of sp³-hybridized carbons (Fsp3) is 0.550. The van der Waals surface area contributed by atoms with Crippen LogP contribution in [0.3, 0.4) is 0 Å². The maximum absolute atomic E-state index is 11.6. The van der Waals surface area contributed by atoms with Crippen molar-refractivity contribution in [2.45, 2.75) is 32.3 Å². The Morgan fingerprint density at radius 3 is 2.62 bits per heavy atom. The van der Waals surface area contributed by atoms with Gasteiger partial charge in [0.1, 0.15) is 0 Å². The third kappa shape index (κ3) is 4.25. The summed E-state index contributed by atoms with van der Waals surface area (Å²) < 4.78 is 5.83. The van der Waals surface area contributed by atoms with Crippen molar-refractivity contribution in [1.82, 2.24) is 4.90 Å². The first-order valence-corrected chi connectivity index (χ1v) is 8.99. The third-order valence-corrected chi connectivity index (χ3v) is 5.28. The standard InChI is InChI=1S/C20H28N2O2/c1-15(13-16-5-3-2-4-6-16)14-22-10-7-17(8-11-22)19-18(20(21)23)9-12-24-19/h2-6,13,17-19H,7-12,14H2,1H3,(H2,21,23)/b15-13+/t18-,19+/m0/s1. The number of piperidine rings is 1. The molecule has 0 unspecified atom stereocenters. The van der Waals surface area contributed by atoms with Crippen LogP contribution in [0.2, 0.25) is 0 Å². The molecular formula is C20H28N2O2. The summed E-state index contributed by atoms with van der Waals surface area (Å²) >= 11 is 0. The fourth-order valence-corrected chi connectivity index (χ4v) is 4.05. The average Bonchev–Trinajstić information content (AvgIpc) is 3.06. The molecule has 0 radical (unpaired) electrons. The predicted octanol–water partition coefficient (Wildman–Crippen LogP) is 2.69. The van der Waals surface area contributed by atoms with Gasteiger partial charge in [0.15, 0.2) is 0 Å². The lowest BCUT2D eigenvalue weighted by atomic mass is 9.84. The summed E-state index contributed by atoms with van der Waals surface area (Å²) in [4.78, 5) is 14.1. The minimum Gasteiger partial charge on any atom is -0.377 e. The third-order valence-electron chi connectivity index (χ3n) is 5.28. The van der Waals surface area contributed by atoms with Crippen LogP contribution in [-0.4, -0.2) is 43.2 Å². The first kappa shape index (κ1) is 17.2. The van der Waals surface area contributed by atoms with Crippen molar-refractivity contribution >= 4 is 12.0 Å². The van der Waals surface area contributed by atoms with Crippen molar-refractivity contribution in [2.24, 2.45) is 17.6 Å². The van der Waals surface area contributed by atoms with E-state index in [0.717, 1.165) is 38.9 Å². The highest BCUT2D eigenvalue weighted by atomic mass is 16.5. The average molecular weight is 328 g/mol. The number of nitrogens with two attached hydrogens (primary N) is 1. The van der Waals surface area contributed by atoms with Gasteiger partial charge in [0.2, 0.25) is 5.91 Å². The van der Waals surface area contributed by atoms with Crippen LogP contribution in [-0.2, 0) is 9.53 Å². The Morgan fingerprint density at radius 1 is 1.25 bits per heavy atom. The van der Waals surface area contributed by atoms with Crippen molar-refractivity contribution in [3.8, 4) is 0 Å². The summed E-state index contributed by atoms with van der Waals surface area (Å²) in [5, 5.41) is 0. The van der Waals surface area contributed by atoms with Gasteiger partial charge in [0.05, 0.1) is 12.0 Å². The fourth-order valence-electron chi connectivity index (χ4n) is 4.05. The highest BCUT2D eigenvalue weighted by molar-refractivity contribution is 5.77. The Hall–Kier alpha value is -1.65. The van der Waals surface area contributed by atoms with Gasteiger partial charge in [-0.3, -0.25) is 9.69 Å². The summed E-state index contributed by atoms with van der Waals surface area (Å²) in [6, 6.07) is 10.5. The summed E-state index contributed by atoms with van der Waals surface area (Å²) in [6.45, 7) is 6.01. The van der Waals surface area contributed by atoms with E-state index in [1.165, 1.54) is 11.1 Å². The van der Waals surface area contributed by atoms with Crippen LogP contribution in [0.4, 0.5) is 0 Å². The van der Waals surface area contributed by atoms with Crippen molar-refractivity contribution in [3.05, 3.63) is 41.5 Å². The number of ether oxygens (including phenoxy) is 1. The number of benzene rings is 1. The second-order valence-electron chi connectivity index (χ2n) is 7.15. The highest BCUT2D eigenvalue weighted by Crippen LogP contribution is 2.33. The van der Waals surface area contributed by atoms with Crippen LogP contribution in [0.15, 0.2) is 35.9 Å². The minimum absolute atomic E-state index is 0.0469. The van der Waals surface area contributed by atoms with E-state index in [-0.39, 0.29) is 17.9 Å². The zero-order chi connectivity index (χ0) is 16.9. The topological polar surface area (TPSA) is 55.6 Å². The van der Waals surface area contributed by atoms with Gasteiger partial charge < -0.3 is 10.5 Å². The maximum atomic E-state index is 11.6. The molecule has 4 nitrogen and oxygen atoms in total. The van der Waals surface area contributed by atoms with Gasteiger partial charge in [0.25, 0.3) is 0 Å². The smallest absolute Gasteiger partial charge is 0.223 e. The Labute approximate surface area is 144 Å². The van der Waals surface area contributed by atoms with Gasteiger partial charge in [-0.2, -0.15) is 0 Å². The molecule has 3 rings (SSSR count). The highest BCUT2D eigenvalue weighted by Gasteiger charge is 2.39. The van der Waals surface area contributed by atoms with E-state index in [9.17, 15) is 4.79 Å². The molecule has 2 saturated heterocycles. The number of hydrogen-bond donors (Lipinski definition) is 1. The normalized spacial score (nSPS) is 26.6.